The number of benzene rings is 1. The highest BCUT2D eigenvalue weighted by atomic mass is 19.2. The zero-order valence-electron chi connectivity index (χ0n) is 12.1. The van der Waals surface area contributed by atoms with Crippen LogP contribution in [0.4, 0.5) is 17.6 Å². The van der Waals surface area contributed by atoms with Gasteiger partial charge < -0.3 is 10.1 Å². The summed E-state index contributed by atoms with van der Waals surface area (Å²) < 4.78 is 57.5. The van der Waals surface area contributed by atoms with Crippen molar-refractivity contribution in [3.05, 3.63) is 47.2 Å². The van der Waals surface area contributed by atoms with Crippen molar-refractivity contribution < 1.29 is 31.9 Å². The van der Waals surface area contributed by atoms with Crippen LogP contribution in [0.5, 0.6) is 0 Å². The first-order valence-corrected chi connectivity index (χ1v) is 6.77. The molecule has 2 atom stereocenters. The minimum atomic E-state index is -2.03. The molecule has 1 aliphatic rings. The van der Waals surface area contributed by atoms with Gasteiger partial charge in [-0.2, -0.15) is 0 Å². The lowest BCUT2D eigenvalue weighted by Crippen LogP contribution is -2.26. The highest BCUT2D eigenvalue weighted by Gasteiger charge is 2.45. The van der Waals surface area contributed by atoms with Crippen LogP contribution in [0.2, 0.25) is 0 Å². The van der Waals surface area contributed by atoms with Gasteiger partial charge in [-0.05, 0) is 19.4 Å². The van der Waals surface area contributed by atoms with Gasteiger partial charge in [-0.15, -0.1) is 0 Å². The highest BCUT2D eigenvalue weighted by molar-refractivity contribution is 6.00. The quantitative estimate of drug-likeness (QED) is 0.217. The van der Waals surface area contributed by atoms with Crippen LogP contribution in [-0.2, 0) is 9.53 Å². The van der Waals surface area contributed by atoms with E-state index in [9.17, 15) is 27.2 Å². The average molecular weight is 331 g/mol. The van der Waals surface area contributed by atoms with Gasteiger partial charge >= 0.3 is 5.97 Å². The summed E-state index contributed by atoms with van der Waals surface area (Å²) >= 11 is 0. The van der Waals surface area contributed by atoms with Gasteiger partial charge in [-0.25, -0.2) is 22.4 Å². The van der Waals surface area contributed by atoms with Gasteiger partial charge in [0.05, 0.1) is 12.2 Å². The number of esters is 1. The fraction of sp³-hybridized carbons (Fsp3) is 0.333. The van der Waals surface area contributed by atoms with E-state index in [4.69, 9.17) is 0 Å². The van der Waals surface area contributed by atoms with E-state index in [1.807, 2.05) is 0 Å². The average Bonchev–Trinajstić information content (AvgIpc) is 3.27. The molecule has 0 bridgehead atoms. The molecular formula is C15H13F4NO3. The SMILES string of the molecule is C=C(NC1CC1C(=O)c1cc(F)c(F)c(F)c1F)C(=O)OCC. The van der Waals surface area contributed by atoms with E-state index in [0.717, 1.165) is 0 Å². The van der Waals surface area contributed by atoms with Crippen LogP contribution in [0.1, 0.15) is 23.7 Å². The summed E-state index contributed by atoms with van der Waals surface area (Å²) in [7, 11) is 0. The monoisotopic (exact) mass is 331 g/mol. The minimum Gasteiger partial charge on any atom is -0.461 e. The van der Waals surface area contributed by atoms with Gasteiger partial charge in [-0.1, -0.05) is 6.58 Å². The van der Waals surface area contributed by atoms with Crippen LogP contribution < -0.4 is 5.32 Å². The molecule has 1 fully saturated rings. The molecule has 0 aromatic heterocycles. The molecule has 4 nitrogen and oxygen atoms in total. The lowest BCUT2D eigenvalue weighted by molar-refractivity contribution is -0.138. The van der Waals surface area contributed by atoms with Gasteiger partial charge in [0.25, 0.3) is 0 Å². The standard InChI is InChI=1S/C15H13F4NO3/c1-3-23-15(22)6(2)20-10-5-7(10)14(21)8-4-9(16)12(18)13(19)11(8)17/h4,7,10,20H,2-3,5H2,1H3. The van der Waals surface area contributed by atoms with Crippen molar-refractivity contribution in [3.63, 3.8) is 0 Å². The molecular weight excluding hydrogens is 318 g/mol. The Morgan fingerprint density at radius 3 is 2.52 bits per heavy atom. The van der Waals surface area contributed by atoms with Crippen molar-refractivity contribution in [1.29, 1.82) is 0 Å². The van der Waals surface area contributed by atoms with Gasteiger partial charge in [0.2, 0.25) is 0 Å². The fourth-order valence-corrected chi connectivity index (χ4v) is 2.10. The molecule has 124 valence electrons. The molecule has 23 heavy (non-hydrogen) atoms. The molecule has 2 rings (SSSR count). The Kier molecular flexibility index (Phi) is 4.72. The van der Waals surface area contributed by atoms with E-state index >= 15 is 0 Å². The van der Waals surface area contributed by atoms with Crippen molar-refractivity contribution in [2.24, 2.45) is 5.92 Å². The summed E-state index contributed by atoms with van der Waals surface area (Å²) in [5.74, 6) is -9.75. The molecule has 0 heterocycles. The number of ether oxygens (including phenoxy) is 1. The van der Waals surface area contributed by atoms with Crippen LogP contribution in [0.15, 0.2) is 18.3 Å². The minimum absolute atomic E-state index is 0.0795. The van der Waals surface area contributed by atoms with Crippen LogP contribution in [0, 0.1) is 29.2 Å². The summed E-state index contributed by atoms with van der Waals surface area (Å²) in [6.45, 7) is 5.19. The number of Topliss-reactive ketones (excluding diaryl/α,β-unsaturated/α-hetero) is 1. The lowest BCUT2D eigenvalue weighted by Gasteiger charge is -2.08. The molecule has 8 heteroatoms. The third-order valence-corrected chi connectivity index (χ3v) is 3.38. The normalized spacial score (nSPS) is 19.2. The molecule has 1 aromatic rings. The van der Waals surface area contributed by atoms with E-state index < -0.39 is 52.5 Å². The highest BCUT2D eigenvalue weighted by Crippen LogP contribution is 2.35. The number of carbonyl (C=O) groups excluding carboxylic acids is 2. The summed E-state index contributed by atoms with van der Waals surface area (Å²) in [4.78, 5) is 23.4. The molecule has 0 radical (unpaired) electrons. The van der Waals surface area contributed by atoms with Crippen LogP contribution in [0.3, 0.4) is 0 Å². The topological polar surface area (TPSA) is 55.4 Å². The molecule has 1 aromatic carbocycles. The van der Waals surface area contributed by atoms with Crippen molar-refractivity contribution in [2.45, 2.75) is 19.4 Å². The summed E-state index contributed by atoms with van der Waals surface area (Å²) in [6.07, 6.45) is 0.220. The molecule has 1 saturated carbocycles. The van der Waals surface area contributed by atoms with Crippen molar-refractivity contribution in [2.75, 3.05) is 6.61 Å². The summed E-state index contributed by atoms with van der Waals surface area (Å²) in [5.41, 5.74) is -0.943. The first-order chi connectivity index (χ1) is 10.8. The van der Waals surface area contributed by atoms with Gasteiger partial charge in [0.15, 0.2) is 29.1 Å². The number of hydrogen-bond acceptors (Lipinski definition) is 4. The zero-order chi connectivity index (χ0) is 17.3. The van der Waals surface area contributed by atoms with Gasteiger partial charge in [0.1, 0.15) is 5.70 Å². The van der Waals surface area contributed by atoms with E-state index in [1.54, 1.807) is 6.92 Å². The number of hydrogen-bond donors (Lipinski definition) is 1. The Morgan fingerprint density at radius 1 is 1.26 bits per heavy atom. The Balaban J connectivity index is 2.07. The van der Waals surface area contributed by atoms with Gasteiger partial charge in [-0.3, -0.25) is 4.79 Å². The number of carbonyl (C=O) groups is 2. The molecule has 0 saturated heterocycles. The predicted molar refractivity (Wildman–Crippen MR) is 71.4 cm³/mol. The maximum atomic E-state index is 13.6. The second-order valence-electron chi connectivity index (χ2n) is 5.00. The third-order valence-electron chi connectivity index (χ3n) is 3.38. The number of halogens is 4. The smallest absolute Gasteiger partial charge is 0.353 e. The molecule has 0 amide bonds. The van der Waals surface area contributed by atoms with Crippen molar-refractivity contribution in [1.82, 2.24) is 5.32 Å². The first-order valence-electron chi connectivity index (χ1n) is 6.77. The second kappa shape index (κ2) is 6.39. The molecule has 0 spiro atoms. The van der Waals surface area contributed by atoms with Crippen LogP contribution in [0.25, 0.3) is 0 Å². The first kappa shape index (κ1) is 17.0. The molecule has 0 aliphatic heterocycles. The van der Waals surface area contributed by atoms with Crippen LogP contribution in [-0.4, -0.2) is 24.4 Å². The molecule has 1 aliphatic carbocycles. The van der Waals surface area contributed by atoms with Gasteiger partial charge in [0, 0.05) is 12.0 Å². The number of ketones is 1. The summed E-state index contributed by atoms with van der Waals surface area (Å²) in [5, 5.41) is 2.63. The maximum absolute atomic E-state index is 13.6. The third kappa shape index (κ3) is 3.35. The van der Waals surface area contributed by atoms with Crippen molar-refractivity contribution in [3.8, 4) is 0 Å². The van der Waals surface area contributed by atoms with E-state index in [1.165, 1.54) is 0 Å². The zero-order valence-corrected chi connectivity index (χ0v) is 12.1. The van der Waals surface area contributed by atoms with E-state index in [2.05, 4.69) is 16.6 Å². The van der Waals surface area contributed by atoms with E-state index in [0.29, 0.717) is 6.07 Å². The van der Waals surface area contributed by atoms with E-state index in [-0.39, 0.29) is 18.7 Å². The Hall–Kier alpha value is -2.38. The predicted octanol–water partition coefficient (Wildman–Crippen LogP) is 2.48. The number of rotatable bonds is 6. The number of nitrogens with one attached hydrogen (secondary N) is 1. The Bertz CT molecular complexity index is 690. The Morgan fingerprint density at radius 2 is 1.91 bits per heavy atom. The lowest BCUT2D eigenvalue weighted by atomic mass is 10.1. The van der Waals surface area contributed by atoms with Crippen LogP contribution >= 0.6 is 0 Å². The second-order valence-corrected chi connectivity index (χ2v) is 5.00. The maximum Gasteiger partial charge on any atom is 0.353 e. The molecule has 2 unspecified atom stereocenters. The Labute approximate surface area is 129 Å². The summed E-state index contributed by atoms with van der Waals surface area (Å²) in [6, 6.07) is -0.207. The fourth-order valence-electron chi connectivity index (χ4n) is 2.10. The molecule has 1 N–H and O–H groups in total. The van der Waals surface area contributed by atoms with Crippen molar-refractivity contribution >= 4 is 11.8 Å². The largest absolute Gasteiger partial charge is 0.461 e.